The summed E-state index contributed by atoms with van der Waals surface area (Å²) in [5.41, 5.74) is 6.22. The first kappa shape index (κ1) is 17.6. The molecule has 7 nitrogen and oxygen atoms in total. The summed E-state index contributed by atoms with van der Waals surface area (Å²) in [6.45, 7) is 1.52. The van der Waals surface area contributed by atoms with E-state index in [2.05, 4.69) is 5.32 Å². The fourth-order valence-electron chi connectivity index (χ4n) is 1.65. The molecular weight excluding hydrogens is 288 g/mol. The van der Waals surface area contributed by atoms with E-state index in [1.54, 1.807) is 12.1 Å². The third-order valence-electron chi connectivity index (χ3n) is 2.89. The molecule has 0 aliphatic rings. The quantitative estimate of drug-likeness (QED) is 0.599. The average Bonchev–Trinajstić information content (AvgIpc) is 2.49. The van der Waals surface area contributed by atoms with Crippen molar-refractivity contribution in [2.75, 3.05) is 0 Å². The van der Waals surface area contributed by atoms with Crippen molar-refractivity contribution in [2.45, 2.75) is 38.5 Å². The summed E-state index contributed by atoms with van der Waals surface area (Å²) < 4.78 is 5.12. The van der Waals surface area contributed by atoms with Crippen LogP contribution in [0.15, 0.2) is 30.3 Å². The van der Waals surface area contributed by atoms with Gasteiger partial charge in [0.25, 0.3) is 0 Å². The number of aliphatic carboxylic acids is 1. The van der Waals surface area contributed by atoms with Crippen molar-refractivity contribution in [3.8, 4) is 0 Å². The Morgan fingerprint density at radius 3 is 2.45 bits per heavy atom. The monoisotopic (exact) mass is 308 g/mol. The summed E-state index contributed by atoms with van der Waals surface area (Å²) in [5.74, 6) is -2.28. The van der Waals surface area contributed by atoms with E-state index in [4.69, 9.17) is 15.6 Å². The van der Waals surface area contributed by atoms with Gasteiger partial charge in [0.2, 0.25) is 5.91 Å². The Bertz CT molecular complexity index is 516. The van der Waals surface area contributed by atoms with Crippen LogP contribution < -0.4 is 11.1 Å². The van der Waals surface area contributed by atoms with Crippen molar-refractivity contribution in [3.05, 3.63) is 35.9 Å². The summed E-state index contributed by atoms with van der Waals surface area (Å²) in [7, 11) is 0. The first-order chi connectivity index (χ1) is 10.4. The molecule has 0 aromatic heterocycles. The molecule has 0 aliphatic heterocycles. The fourth-order valence-corrected chi connectivity index (χ4v) is 1.65. The second-order valence-electron chi connectivity index (χ2n) is 4.88. The minimum Gasteiger partial charge on any atom is -0.481 e. The molecule has 7 heteroatoms. The standard InChI is InChI=1S/C15H20N2O5/c1-10(16)14(20)17-12(7-8-13(18)19)15(21)22-9-11-5-3-2-4-6-11/h2-6,10,12H,7-9,16H2,1H3,(H,17,20)(H,18,19)/t10-,12+/m0/s1. The normalized spacial score (nSPS) is 13.0. The second kappa shape index (κ2) is 8.78. The van der Waals surface area contributed by atoms with E-state index in [1.165, 1.54) is 6.92 Å². The maximum absolute atomic E-state index is 12.0. The zero-order valence-electron chi connectivity index (χ0n) is 12.3. The molecule has 0 spiro atoms. The molecule has 1 aromatic rings. The molecular formula is C15H20N2O5. The van der Waals surface area contributed by atoms with Crippen LogP contribution in [0.4, 0.5) is 0 Å². The van der Waals surface area contributed by atoms with Gasteiger partial charge in [0.15, 0.2) is 0 Å². The van der Waals surface area contributed by atoms with E-state index >= 15 is 0 Å². The number of nitrogens with one attached hydrogen (secondary N) is 1. The van der Waals surface area contributed by atoms with Gasteiger partial charge >= 0.3 is 11.9 Å². The van der Waals surface area contributed by atoms with E-state index in [0.717, 1.165) is 5.56 Å². The Labute approximate surface area is 128 Å². The third-order valence-corrected chi connectivity index (χ3v) is 2.89. The van der Waals surface area contributed by atoms with Crippen molar-refractivity contribution >= 4 is 17.8 Å². The maximum Gasteiger partial charge on any atom is 0.328 e. The number of rotatable bonds is 8. The summed E-state index contributed by atoms with van der Waals surface area (Å²) >= 11 is 0. The third kappa shape index (κ3) is 6.36. The number of hydrogen-bond acceptors (Lipinski definition) is 5. The van der Waals surface area contributed by atoms with Gasteiger partial charge in [-0.2, -0.15) is 0 Å². The molecule has 4 N–H and O–H groups in total. The number of carboxylic acid groups (broad SMARTS) is 1. The lowest BCUT2D eigenvalue weighted by molar-refractivity contribution is -0.149. The lowest BCUT2D eigenvalue weighted by Crippen LogP contribution is -2.48. The van der Waals surface area contributed by atoms with Crippen molar-refractivity contribution in [1.29, 1.82) is 0 Å². The molecule has 1 amide bonds. The second-order valence-corrected chi connectivity index (χ2v) is 4.88. The Morgan fingerprint density at radius 2 is 1.91 bits per heavy atom. The van der Waals surface area contributed by atoms with Gasteiger partial charge < -0.3 is 20.9 Å². The lowest BCUT2D eigenvalue weighted by atomic mass is 10.1. The number of esters is 1. The van der Waals surface area contributed by atoms with Crippen LogP contribution in [0.25, 0.3) is 0 Å². The molecule has 1 aromatic carbocycles. The van der Waals surface area contributed by atoms with E-state index < -0.39 is 29.9 Å². The highest BCUT2D eigenvalue weighted by Gasteiger charge is 2.24. The fraction of sp³-hybridized carbons (Fsp3) is 0.400. The SMILES string of the molecule is C[C@H](N)C(=O)N[C@H](CCC(=O)O)C(=O)OCc1ccccc1. The van der Waals surface area contributed by atoms with Crippen molar-refractivity contribution < 1.29 is 24.2 Å². The molecule has 22 heavy (non-hydrogen) atoms. The summed E-state index contributed by atoms with van der Waals surface area (Å²) in [4.78, 5) is 34.2. The van der Waals surface area contributed by atoms with Gasteiger partial charge in [-0.05, 0) is 18.9 Å². The molecule has 0 bridgehead atoms. The summed E-state index contributed by atoms with van der Waals surface area (Å²) in [6.07, 6.45) is -0.314. The topological polar surface area (TPSA) is 119 Å². The molecule has 0 unspecified atom stereocenters. The summed E-state index contributed by atoms with van der Waals surface area (Å²) in [5, 5.41) is 11.1. The van der Waals surface area contributed by atoms with Crippen LogP contribution in [0.3, 0.4) is 0 Å². The molecule has 1 rings (SSSR count). The van der Waals surface area contributed by atoms with Gasteiger partial charge in [-0.3, -0.25) is 9.59 Å². The van der Waals surface area contributed by atoms with Gasteiger partial charge in [0.05, 0.1) is 6.04 Å². The van der Waals surface area contributed by atoms with Crippen molar-refractivity contribution in [2.24, 2.45) is 5.73 Å². The molecule has 2 atom stereocenters. The van der Waals surface area contributed by atoms with Crippen LogP contribution in [0.2, 0.25) is 0 Å². The molecule has 0 saturated heterocycles. The largest absolute Gasteiger partial charge is 0.481 e. The Hall–Kier alpha value is -2.41. The van der Waals surface area contributed by atoms with Gasteiger partial charge in [-0.1, -0.05) is 30.3 Å². The van der Waals surface area contributed by atoms with Gasteiger partial charge in [0.1, 0.15) is 12.6 Å². The average molecular weight is 308 g/mol. The van der Waals surface area contributed by atoms with Crippen LogP contribution >= 0.6 is 0 Å². The van der Waals surface area contributed by atoms with E-state index in [1.807, 2.05) is 18.2 Å². The minimum atomic E-state index is -1.06. The first-order valence-electron chi connectivity index (χ1n) is 6.88. The molecule has 0 fully saturated rings. The molecule has 0 aliphatic carbocycles. The molecule has 0 radical (unpaired) electrons. The number of amides is 1. The van der Waals surface area contributed by atoms with Crippen LogP contribution in [0.5, 0.6) is 0 Å². The van der Waals surface area contributed by atoms with Crippen LogP contribution in [0, 0.1) is 0 Å². The zero-order chi connectivity index (χ0) is 16.5. The van der Waals surface area contributed by atoms with Crippen molar-refractivity contribution in [1.82, 2.24) is 5.32 Å². The van der Waals surface area contributed by atoms with Crippen LogP contribution in [-0.2, 0) is 25.7 Å². The van der Waals surface area contributed by atoms with Gasteiger partial charge in [0, 0.05) is 6.42 Å². The van der Waals surface area contributed by atoms with Crippen molar-refractivity contribution in [3.63, 3.8) is 0 Å². The highest BCUT2D eigenvalue weighted by molar-refractivity contribution is 5.87. The molecule has 120 valence electrons. The predicted octanol–water partition coefficient (Wildman–Crippen LogP) is 0.427. The Balaban J connectivity index is 2.61. The number of carboxylic acids is 1. The zero-order valence-corrected chi connectivity index (χ0v) is 12.3. The Kier molecular flexibility index (Phi) is 7.04. The number of ether oxygens (including phenoxy) is 1. The molecule has 0 heterocycles. The molecule has 0 saturated carbocycles. The van der Waals surface area contributed by atoms with E-state index in [-0.39, 0.29) is 19.4 Å². The number of nitrogens with two attached hydrogens (primary N) is 1. The highest BCUT2D eigenvalue weighted by atomic mass is 16.5. The highest BCUT2D eigenvalue weighted by Crippen LogP contribution is 2.05. The van der Waals surface area contributed by atoms with E-state index in [9.17, 15) is 14.4 Å². The van der Waals surface area contributed by atoms with Crippen LogP contribution in [-0.4, -0.2) is 35.0 Å². The minimum absolute atomic E-state index is 0.0529. The maximum atomic E-state index is 12.0. The predicted molar refractivity (Wildman–Crippen MR) is 78.7 cm³/mol. The smallest absolute Gasteiger partial charge is 0.328 e. The number of benzene rings is 1. The number of hydrogen-bond donors (Lipinski definition) is 3. The number of carbonyl (C=O) groups is 3. The van der Waals surface area contributed by atoms with Gasteiger partial charge in [-0.25, -0.2) is 4.79 Å². The number of carbonyl (C=O) groups excluding carboxylic acids is 2. The van der Waals surface area contributed by atoms with Crippen LogP contribution in [0.1, 0.15) is 25.3 Å². The lowest BCUT2D eigenvalue weighted by Gasteiger charge is -2.18. The van der Waals surface area contributed by atoms with Gasteiger partial charge in [-0.15, -0.1) is 0 Å². The van der Waals surface area contributed by atoms with E-state index in [0.29, 0.717) is 0 Å². The first-order valence-corrected chi connectivity index (χ1v) is 6.88. The summed E-state index contributed by atoms with van der Waals surface area (Å²) in [6, 6.07) is 7.21. The Morgan fingerprint density at radius 1 is 1.27 bits per heavy atom.